The fraction of sp³-hybridized carbons (Fsp3) is 0.130. The van der Waals surface area contributed by atoms with Gasteiger partial charge in [-0.2, -0.15) is 0 Å². The molecule has 0 spiro atoms. The molecule has 0 saturated heterocycles. The molecule has 1 atom stereocenters. The van der Waals surface area contributed by atoms with Crippen molar-refractivity contribution in [2.24, 2.45) is 0 Å². The number of carbonyl (C=O) groups is 2. The first-order valence-corrected chi connectivity index (χ1v) is 10.0. The summed E-state index contributed by atoms with van der Waals surface area (Å²) in [5, 5.41) is 15.0. The lowest BCUT2D eigenvalue weighted by Crippen LogP contribution is -2.44. The number of nitrogens with zero attached hydrogens (tertiary/aromatic N) is 1. The third-order valence-electron chi connectivity index (χ3n) is 5.08. The van der Waals surface area contributed by atoms with Gasteiger partial charge in [-0.1, -0.05) is 59.6 Å². The average Bonchev–Trinajstić information content (AvgIpc) is 2.93. The van der Waals surface area contributed by atoms with Crippen molar-refractivity contribution in [2.75, 3.05) is 16.8 Å². The van der Waals surface area contributed by atoms with Crippen LogP contribution in [0.1, 0.15) is 16.7 Å². The first-order chi connectivity index (χ1) is 14.3. The van der Waals surface area contributed by atoms with E-state index in [0.29, 0.717) is 32.5 Å². The molecule has 152 valence electrons. The maximum Gasteiger partial charge on any atom is 0.268 e. The Hall–Kier alpha value is -2.86. The molecule has 2 N–H and O–H groups in total. The number of hydrogen-bond donors (Lipinski definition) is 2. The number of fused-ring (bicyclic) bond motifs is 1. The third-order valence-corrected chi connectivity index (χ3v) is 5.63. The Kier molecular flexibility index (Phi) is 5.28. The van der Waals surface area contributed by atoms with Crippen LogP contribution in [0.5, 0.6) is 0 Å². The van der Waals surface area contributed by atoms with Crippen LogP contribution in [0, 0.1) is 6.92 Å². The molecule has 2 amide bonds. The lowest BCUT2D eigenvalue weighted by Gasteiger charge is -2.23. The predicted molar refractivity (Wildman–Crippen MR) is 118 cm³/mol. The number of aryl methyl sites for hydroxylation is 1. The van der Waals surface area contributed by atoms with Crippen LogP contribution in [-0.4, -0.2) is 23.5 Å². The normalized spacial score (nSPS) is 17.7. The maximum atomic E-state index is 13.3. The van der Waals surface area contributed by atoms with Crippen molar-refractivity contribution in [1.29, 1.82) is 0 Å². The SMILES string of the molecule is Cc1ccc(NC(=O)CN2C(=O)[C@@](O)(c3cccc(Cl)c3)c3ccccc32)c(Cl)c1. The monoisotopic (exact) mass is 440 g/mol. The second-order valence-corrected chi connectivity index (χ2v) is 8.00. The van der Waals surface area contributed by atoms with Crippen molar-refractivity contribution < 1.29 is 14.7 Å². The van der Waals surface area contributed by atoms with E-state index in [1.165, 1.54) is 4.90 Å². The van der Waals surface area contributed by atoms with E-state index in [-0.39, 0.29) is 6.54 Å². The zero-order valence-electron chi connectivity index (χ0n) is 16.0. The summed E-state index contributed by atoms with van der Waals surface area (Å²) in [5.41, 5.74) is 0.708. The molecule has 0 bridgehead atoms. The first kappa shape index (κ1) is 20.4. The van der Waals surface area contributed by atoms with Crippen LogP contribution in [0.4, 0.5) is 11.4 Å². The summed E-state index contributed by atoms with van der Waals surface area (Å²) in [5.74, 6) is -1.05. The fourth-order valence-electron chi connectivity index (χ4n) is 3.64. The molecule has 0 saturated carbocycles. The van der Waals surface area contributed by atoms with Crippen LogP contribution in [-0.2, 0) is 15.2 Å². The standard InChI is InChI=1S/C23H18Cl2N2O3/c1-14-9-10-19(18(25)11-14)26-21(28)13-27-20-8-3-2-7-17(20)23(30,22(27)29)15-5-4-6-16(24)12-15/h2-12,30H,13H2,1H3,(H,26,28)/t23-/m1/s1. The van der Waals surface area contributed by atoms with E-state index in [1.54, 1.807) is 60.7 Å². The van der Waals surface area contributed by atoms with Gasteiger partial charge in [-0.15, -0.1) is 0 Å². The number of aliphatic hydroxyl groups is 1. The minimum absolute atomic E-state index is 0.275. The summed E-state index contributed by atoms with van der Waals surface area (Å²) in [4.78, 5) is 27.3. The molecular formula is C23H18Cl2N2O3. The van der Waals surface area contributed by atoms with Gasteiger partial charge in [0.1, 0.15) is 6.54 Å². The quantitative estimate of drug-likeness (QED) is 0.626. The minimum Gasteiger partial charge on any atom is -0.372 e. The van der Waals surface area contributed by atoms with Crippen LogP contribution >= 0.6 is 23.2 Å². The van der Waals surface area contributed by atoms with E-state index in [2.05, 4.69) is 5.32 Å². The van der Waals surface area contributed by atoms with E-state index >= 15 is 0 Å². The highest BCUT2D eigenvalue weighted by atomic mass is 35.5. The molecule has 30 heavy (non-hydrogen) atoms. The van der Waals surface area contributed by atoms with E-state index < -0.39 is 17.4 Å². The largest absolute Gasteiger partial charge is 0.372 e. The summed E-state index contributed by atoms with van der Waals surface area (Å²) >= 11 is 12.3. The van der Waals surface area contributed by atoms with Crippen LogP contribution in [0.3, 0.4) is 0 Å². The highest BCUT2D eigenvalue weighted by Gasteiger charge is 2.51. The molecule has 3 aromatic carbocycles. The van der Waals surface area contributed by atoms with Gasteiger partial charge in [0.2, 0.25) is 5.91 Å². The molecule has 0 aliphatic carbocycles. The summed E-state index contributed by atoms with van der Waals surface area (Å²) in [7, 11) is 0. The molecule has 0 fully saturated rings. The van der Waals surface area contributed by atoms with Crippen LogP contribution in [0.2, 0.25) is 10.0 Å². The number of carbonyl (C=O) groups excluding carboxylic acids is 2. The molecule has 0 aromatic heterocycles. The van der Waals surface area contributed by atoms with Gasteiger partial charge in [-0.25, -0.2) is 0 Å². The topological polar surface area (TPSA) is 69.6 Å². The molecule has 1 heterocycles. The highest BCUT2D eigenvalue weighted by molar-refractivity contribution is 6.33. The molecular weight excluding hydrogens is 423 g/mol. The van der Waals surface area contributed by atoms with Gasteiger partial charge in [0.05, 0.1) is 16.4 Å². The number of para-hydroxylation sites is 1. The Morgan fingerprint density at radius 1 is 1.07 bits per heavy atom. The van der Waals surface area contributed by atoms with Gasteiger partial charge in [0.15, 0.2) is 5.60 Å². The maximum absolute atomic E-state index is 13.3. The van der Waals surface area contributed by atoms with Gasteiger partial charge in [0.25, 0.3) is 5.91 Å². The third kappa shape index (κ3) is 3.45. The second kappa shape index (κ2) is 7.76. The summed E-state index contributed by atoms with van der Waals surface area (Å²) in [6.07, 6.45) is 0. The Morgan fingerprint density at radius 2 is 1.83 bits per heavy atom. The summed E-state index contributed by atoms with van der Waals surface area (Å²) < 4.78 is 0. The molecule has 1 aliphatic heterocycles. The zero-order chi connectivity index (χ0) is 21.5. The lowest BCUT2D eigenvalue weighted by molar-refractivity contribution is -0.133. The highest BCUT2D eigenvalue weighted by Crippen LogP contribution is 2.44. The van der Waals surface area contributed by atoms with E-state index in [9.17, 15) is 14.7 Å². The van der Waals surface area contributed by atoms with Crippen molar-refractivity contribution in [3.8, 4) is 0 Å². The number of halogens is 2. The Morgan fingerprint density at radius 3 is 2.57 bits per heavy atom. The molecule has 0 radical (unpaired) electrons. The fourth-order valence-corrected chi connectivity index (χ4v) is 4.11. The van der Waals surface area contributed by atoms with Crippen molar-refractivity contribution in [3.05, 3.63) is 93.5 Å². The Bertz CT molecular complexity index is 1160. The van der Waals surface area contributed by atoms with Crippen LogP contribution in [0.15, 0.2) is 66.7 Å². The lowest BCUT2D eigenvalue weighted by atomic mass is 9.87. The van der Waals surface area contributed by atoms with Crippen LogP contribution < -0.4 is 10.2 Å². The van der Waals surface area contributed by atoms with Crippen molar-refractivity contribution in [2.45, 2.75) is 12.5 Å². The van der Waals surface area contributed by atoms with E-state index in [4.69, 9.17) is 23.2 Å². The van der Waals surface area contributed by atoms with Gasteiger partial charge < -0.3 is 10.4 Å². The first-order valence-electron chi connectivity index (χ1n) is 9.26. The van der Waals surface area contributed by atoms with Crippen molar-refractivity contribution in [1.82, 2.24) is 0 Å². The van der Waals surface area contributed by atoms with E-state index in [0.717, 1.165) is 5.56 Å². The van der Waals surface area contributed by atoms with E-state index in [1.807, 2.05) is 13.0 Å². The number of rotatable bonds is 4. The summed E-state index contributed by atoms with van der Waals surface area (Å²) in [6.45, 7) is 1.62. The van der Waals surface area contributed by atoms with Crippen molar-refractivity contribution in [3.63, 3.8) is 0 Å². The summed E-state index contributed by atoms with van der Waals surface area (Å²) in [6, 6.07) is 18.6. The Labute approximate surface area is 183 Å². The molecule has 3 aromatic rings. The number of amides is 2. The number of hydrogen-bond acceptors (Lipinski definition) is 3. The van der Waals surface area contributed by atoms with Gasteiger partial charge in [-0.3, -0.25) is 14.5 Å². The molecule has 1 aliphatic rings. The molecule has 0 unspecified atom stereocenters. The molecule has 7 heteroatoms. The number of anilines is 2. The van der Waals surface area contributed by atoms with Gasteiger partial charge in [0, 0.05) is 10.6 Å². The number of nitrogens with one attached hydrogen (secondary N) is 1. The second-order valence-electron chi connectivity index (χ2n) is 7.16. The minimum atomic E-state index is -1.93. The smallest absolute Gasteiger partial charge is 0.268 e. The van der Waals surface area contributed by atoms with Gasteiger partial charge >= 0.3 is 0 Å². The molecule has 5 nitrogen and oxygen atoms in total. The average molecular weight is 441 g/mol. The molecule has 4 rings (SSSR count). The van der Waals surface area contributed by atoms with Crippen molar-refractivity contribution >= 4 is 46.4 Å². The van der Waals surface area contributed by atoms with Crippen LogP contribution in [0.25, 0.3) is 0 Å². The predicted octanol–water partition coefficient (Wildman–Crippen LogP) is 4.52. The number of benzene rings is 3. The zero-order valence-corrected chi connectivity index (χ0v) is 17.5. The Balaban J connectivity index is 1.66. The van der Waals surface area contributed by atoms with Gasteiger partial charge in [-0.05, 0) is 48.4 Å².